The summed E-state index contributed by atoms with van der Waals surface area (Å²) in [5.74, 6) is -0.0775. The van der Waals surface area contributed by atoms with Crippen LogP contribution < -0.4 is 0 Å². The van der Waals surface area contributed by atoms with Crippen molar-refractivity contribution in [2.24, 2.45) is 11.8 Å². The maximum absolute atomic E-state index is 11.7. The Balaban J connectivity index is 2.07. The van der Waals surface area contributed by atoms with Gasteiger partial charge in [-0.05, 0) is 37.8 Å². The van der Waals surface area contributed by atoms with Crippen LogP contribution in [-0.2, 0) is 9.53 Å². The molecule has 0 aromatic heterocycles. The summed E-state index contributed by atoms with van der Waals surface area (Å²) in [6.45, 7) is 5.90. The van der Waals surface area contributed by atoms with Crippen LogP contribution in [0.1, 0.15) is 40.0 Å². The summed E-state index contributed by atoms with van der Waals surface area (Å²) in [6.07, 6.45) is 4.61. The Morgan fingerprint density at radius 1 is 1.50 bits per heavy atom. The smallest absolute Gasteiger partial charge is 0.309 e. The third-order valence-corrected chi connectivity index (χ3v) is 4.79. The second kappa shape index (κ2) is 3.70. The Morgan fingerprint density at radius 2 is 2.22 bits per heavy atom. The summed E-state index contributed by atoms with van der Waals surface area (Å²) in [4.78, 5) is 11.7. The van der Waals surface area contributed by atoms with Gasteiger partial charge in [0.25, 0.3) is 0 Å². The standard InChI is InChI=1S/C15H20O3/c1-8-6-13-11(9(2)14(16)18-13)7-12-10(8)4-5-15(12,3)17/h7,9,11,13,17H,4-6H2,1-3H3. The number of ether oxygens (including phenoxy) is 1. The molecule has 3 nitrogen and oxygen atoms in total. The lowest BCUT2D eigenvalue weighted by atomic mass is 9.87. The molecule has 18 heavy (non-hydrogen) atoms. The SMILES string of the molecule is CC1=C2CCC(C)(O)C2=CC2C(C1)OC(=O)C2C. The molecule has 0 amide bonds. The van der Waals surface area contributed by atoms with Crippen LogP contribution in [0.2, 0.25) is 0 Å². The van der Waals surface area contributed by atoms with Crippen molar-refractivity contribution in [3.8, 4) is 0 Å². The first-order valence-corrected chi connectivity index (χ1v) is 6.74. The second-order valence-electron chi connectivity index (χ2n) is 6.16. The van der Waals surface area contributed by atoms with Crippen LogP contribution >= 0.6 is 0 Å². The number of hydrogen-bond acceptors (Lipinski definition) is 3. The second-order valence-corrected chi connectivity index (χ2v) is 6.16. The van der Waals surface area contributed by atoms with Crippen molar-refractivity contribution in [3.63, 3.8) is 0 Å². The highest BCUT2D eigenvalue weighted by Gasteiger charge is 2.45. The third-order valence-electron chi connectivity index (χ3n) is 4.79. The monoisotopic (exact) mass is 248 g/mol. The van der Waals surface area contributed by atoms with E-state index in [0.29, 0.717) is 0 Å². The zero-order chi connectivity index (χ0) is 13.1. The molecule has 1 saturated heterocycles. The van der Waals surface area contributed by atoms with Crippen molar-refractivity contribution in [1.82, 2.24) is 0 Å². The lowest BCUT2D eigenvalue weighted by Gasteiger charge is -2.20. The van der Waals surface area contributed by atoms with E-state index in [1.54, 1.807) is 0 Å². The molecule has 1 aliphatic heterocycles. The van der Waals surface area contributed by atoms with E-state index in [4.69, 9.17) is 4.74 Å². The zero-order valence-corrected chi connectivity index (χ0v) is 11.2. The lowest BCUT2D eigenvalue weighted by molar-refractivity contribution is -0.143. The highest BCUT2D eigenvalue weighted by atomic mass is 16.6. The topological polar surface area (TPSA) is 46.5 Å². The fourth-order valence-corrected chi connectivity index (χ4v) is 3.55. The van der Waals surface area contributed by atoms with E-state index in [2.05, 4.69) is 13.0 Å². The molecule has 0 aromatic rings. The van der Waals surface area contributed by atoms with Gasteiger partial charge >= 0.3 is 5.97 Å². The van der Waals surface area contributed by atoms with Gasteiger partial charge in [0.2, 0.25) is 0 Å². The molecule has 1 saturated carbocycles. The molecule has 1 heterocycles. The van der Waals surface area contributed by atoms with Crippen molar-refractivity contribution >= 4 is 5.97 Å². The van der Waals surface area contributed by atoms with Crippen molar-refractivity contribution in [2.75, 3.05) is 0 Å². The molecule has 2 aliphatic carbocycles. The molecule has 0 aromatic carbocycles. The molecule has 98 valence electrons. The van der Waals surface area contributed by atoms with E-state index in [-0.39, 0.29) is 23.9 Å². The van der Waals surface area contributed by atoms with Crippen LogP contribution in [-0.4, -0.2) is 22.8 Å². The van der Waals surface area contributed by atoms with Gasteiger partial charge in [0.05, 0.1) is 11.5 Å². The average Bonchev–Trinajstić information content (AvgIpc) is 2.65. The minimum Gasteiger partial charge on any atom is -0.461 e. The summed E-state index contributed by atoms with van der Waals surface area (Å²) in [5.41, 5.74) is 2.86. The fraction of sp³-hybridized carbons (Fsp3) is 0.667. The lowest BCUT2D eigenvalue weighted by Crippen LogP contribution is -2.23. The summed E-state index contributed by atoms with van der Waals surface area (Å²) in [5, 5.41) is 10.5. The fourth-order valence-electron chi connectivity index (χ4n) is 3.55. The molecule has 0 bridgehead atoms. The van der Waals surface area contributed by atoms with E-state index >= 15 is 0 Å². The zero-order valence-electron chi connectivity index (χ0n) is 11.2. The first-order valence-electron chi connectivity index (χ1n) is 6.74. The minimum atomic E-state index is -0.739. The van der Waals surface area contributed by atoms with Crippen LogP contribution in [0, 0.1) is 11.8 Å². The Morgan fingerprint density at radius 3 is 2.94 bits per heavy atom. The summed E-state index contributed by atoms with van der Waals surface area (Å²) < 4.78 is 5.46. The summed E-state index contributed by atoms with van der Waals surface area (Å²) in [7, 11) is 0. The maximum Gasteiger partial charge on any atom is 0.309 e. The first kappa shape index (κ1) is 12.0. The van der Waals surface area contributed by atoms with Gasteiger partial charge in [-0.25, -0.2) is 0 Å². The number of aliphatic hydroxyl groups is 1. The number of rotatable bonds is 0. The molecule has 0 radical (unpaired) electrons. The van der Waals surface area contributed by atoms with Crippen molar-refractivity contribution in [2.45, 2.75) is 51.7 Å². The van der Waals surface area contributed by atoms with Gasteiger partial charge in [-0.3, -0.25) is 4.79 Å². The number of hydrogen-bond donors (Lipinski definition) is 1. The first-order chi connectivity index (χ1) is 8.40. The van der Waals surface area contributed by atoms with Crippen LogP contribution in [0.4, 0.5) is 0 Å². The number of carbonyl (C=O) groups excluding carboxylic acids is 1. The third kappa shape index (κ3) is 1.57. The van der Waals surface area contributed by atoms with Gasteiger partial charge in [0, 0.05) is 12.3 Å². The largest absolute Gasteiger partial charge is 0.461 e. The van der Waals surface area contributed by atoms with E-state index in [0.717, 1.165) is 24.8 Å². The molecule has 4 unspecified atom stereocenters. The van der Waals surface area contributed by atoms with Gasteiger partial charge in [0.15, 0.2) is 0 Å². The predicted molar refractivity (Wildman–Crippen MR) is 67.8 cm³/mol. The Labute approximate surface area is 108 Å². The average molecular weight is 248 g/mol. The van der Waals surface area contributed by atoms with Crippen molar-refractivity contribution in [1.29, 1.82) is 0 Å². The minimum absolute atomic E-state index is 0.0334. The number of fused-ring (bicyclic) bond motifs is 2. The Bertz CT molecular complexity index is 470. The predicted octanol–water partition coefficient (Wildman–Crippen LogP) is 2.36. The highest BCUT2D eigenvalue weighted by molar-refractivity contribution is 5.75. The van der Waals surface area contributed by atoms with Crippen LogP contribution in [0.15, 0.2) is 22.8 Å². The van der Waals surface area contributed by atoms with E-state index < -0.39 is 5.60 Å². The van der Waals surface area contributed by atoms with Gasteiger partial charge in [-0.15, -0.1) is 0 Å². The van der Waals surface area contributed by atoms with Gasteiger partial charge in [-0.1, -0.05) is 18.6 Å². The molecule has 3 heteroatoms. The summed E-state index contributed by atoms with van der Waals surface area (Å²) in [6, 6.07) is 0. The van der Waals surface area contributed by atoms with Crippen molar-refractivity contribution < 1.29 is 14.6 Å². The quantitative estimate of drug-likeness (QED) is 0.669. The molecule has 0 spiro atoms. The van der Waals surface area contributed by atoms with Gasteiger partial charge in [0.1, 0.15) is 6.10 Å². The van der Waals surface area contributed by atoms with Gasteiger partial charge < -0.3 is 9.84 Å². The molecule has 3 aliphatic rings. The van der Waals surface area contributed by atoms with Gasteiger partial charge in [-0.2, -0.15) is 0 Å². The van der Waals surface area contributed by atoms with Crippen LogP contribution in [0.25, 0.3) is 0 Å². The summed E-state index contributed by atoms with van der Waals surface area (Å²) >= 11 is 0. The number of carbonyl (C=O) groups is 1. The van der Waals surface area contributed by atoms with E-state index in [1.165, 1.54) is 11.1 Å². The Kier molecular flexibility index (Phi) is 2.46. The van der Waals surface area contributed by atoms with E-state index in [1.807, 2.05) is 13.8 Å². The molecular formula is C15H20O3. The Hall–Kier alpha value is -1.09. The number of esters is 1. The van der Waals surface area contributed by atoms with Crippen molar-refractivity contribution in [3.05, 3.63) is 22.8 Å². The van der Waals surface area contributed by atoms with Crippen LogP contribution in [0.5, 0.6) is 0 Å². The maximum atomic E-state index is 11.7. The molecule has 3 rings (SSSR count). The highest BCUT2D eigenvalue weighted by Crippen LogP contribution is 2.47. The molecular weight excluding hydrogens is 228 g/mol. The van der Waals surface area contributed by atoms with Crippen LogP contribution in [0.3, 0.4) is 0 Å². The normalized spacial score (nSPS) is 43.2. The van der Waals surface area contributed by atoms with E-state index in [9.17, 15) is 9.90 Å². The molecule has 4 atom stereocenters. The molecule has 1 N–H and O–H groups in total. The molecule has 2 fully saturated rings.